The van der Waals surface area contributed by atoms with Crippen LogP contribution in [0.4, 0.5) is 17.6 Å². The lowest BCUT2D eigenvalue weighted by atomic mass is 9.93. The SMILES string of the molecule is C[C@H](NC(=O)CC(C)(O)C1(F)CC1)c1cccc(OC(F)(F)F)c1. The Morgan fingerprint density at radius 3 is 2.58 bits per heavy atom. The Labute approximate surface area is 136 Å². The second-order valence-electron chi connectivity index (χ2n) is 6.33. The number of carbonyl (C=O) groups excluding carboxylic acids is 1. The molecule has 1 aliphatic rings. The molecule has 1 aromatic carbocycles. The first-order chi connectivity index (χ1) is 10.9. The molecule has 0 aromatic heterocycles. The second kappa shape index (κ2) is 6.23. The van der Waals surface area contributed by atoms with Gasteiger partial charge in [0.15, 0.2) is 0 Å². The van der Waals surface area contributed by atoms with Crippen LogP contribution in [0.1, 0.15) is 44.7 Å². The number of nitrogens with one attached hydrogen (secondary N) is 1. The van der Waals surface area contributed by atoms with Crippen LogP contribution in [-0.2, 0) is 4.79 Å². The lowest BCUT2D eigenvalue weighted by Crippen LogP contribution is -2.43. The summed E-state index contributed by atoms with van der Waals surface area (Å²) in [6, 6.07) is 4.59. The molecule has 0 bridgehead atoms. The van der Waals surface area contributed by atoms with E-state index in [0.29, 0.717) is 5.56 Å². The molecule has 134 valence electrons. The monoisotopic (exact) mass is 349 g/mol. The van der Waals surface area contributed by atoms with E-state index in [1.165, 1.54) is 19.1 Å². The number of halogens is 4. The van der Waals surface area contributed by atoms with Gasteiger partial charge in [0.05, 0.1) is 12.5 Å². The van der Waals surface area contributed by atoms with Crippen molar-refractivity contribution in [3.8, 4) is 5.75 Å². The normalized spacial score (nSPS) is 20.0. The van der Waals surface area contributed by atoms with Crippen LogP contribution in [0.3, 0.4) is 0 Å². The van der Waals surface area contributed by atoms with Gasteiger partial charge in [-0.15, -0.1) is 13.2 Å². The van der Waals surface area contributed by atoms with E-state index in [1.807, 2.05) is 0 Å². The van der Waals surface area contributed by atoms with Gasteiger partial charge in [0.1, 0.15) is 17.0 Å². The highest BCUT2D eigenvalue weighted by Gasteiger charge is 2.58. The van der Waals surface area contributed by atoms with Crippen LogP contribution in [0, 0.1) is 0 Å². The maximum Gasteiger partial charge on any atom is 0.573 e. The summed E-state index contributed by atoms with van der Waals surface area (Å²) in [6.07, 6.45) is -4.81. The maximum atomic E-state index is 14.0. The van der Waals surface area contributed by atoms with E-state index in [0.717, 1.165) is 12.1 Å². The zero-order valence-corrected chi connectivity index (χ0v) is 13.3. The van der Waals surface area contributed by atoms with Crippen LogP contribution in [-0.4, -0.2) is 28.6 Å². The van der Waals surface area contributed by atoms with E-state index >= 15 is 0 Å². The van der Waals surface area contributed by atoms with Gasteiger partial charge in [-0.1, -0.05) is 12.1 Å². The van der Waals surface area contributed by atoms with Gasteiger partial charge in [0.2, 0.25) is 5.91 Å². The molecule has 0 heterocycles. The number of aliphatic hydroxyl groups is 1. The summed E-state index contributed by atoms with van der Waals surface area (Å²) < 4.78 is 54.5. The molecule has 1 amide bonds. The first-order valence-corrected chi connectivity index (χ1v) is 7.48. The molecular formula is C16H19F4NO3. The lowest BCUT2D eigenvalue weighted by molar-refractivity contribution is -0.274. The van der Waals surface area contributed by atoms with Crippen molar-refractivity contribution in [1.82, 2.24) is 5.32 Å². The Hall–Kier alpha value is -1.83. The van der Waals surface area contributed by atoms with E-state index in [9.17, 15) is 27.5 Å². The van der Waals surface area contributed by atoms with Gasteiger partial charge in [0, 0.05) is 0 Å². The van der Waals surface area contributed by atoms with Crippen molar-refractivity contribution >= 4 is 5.91 Å². The molecule has 1 aromatic rings. The minimum Gasteiger partial charge on any atom is -0.406 e. The van der Waals surface area contributed by atoms with E-state index < -0.39 is 41.8 Å². The van der Waals surface area contributed by atoms with Crippen molar-refractivity contribution in [3.05, 3.63) is 29.8 Å². The Morgan fingerprint density at radius 2 is 2.04 bits per heavy atom. The van der Waals surface area contributed by atoms with E-state index in [-0.39, 0.29) is 12.8 Å². The number of hydrogen-bond donors (Lipinski definition) is 2. The number of hydrogen-bond acceptors (Lipinski definition) is 3. The van der Waals surface area contributed by atoms with Gasteiger partial charge < -0.3 is 15.2 Å². The molecule has 0 saturated heterocycles. The summed E-state index contributed by atoms with van der Waals surface area (Å²) in [5.41, 5.74) is -3.11. The highest BCUT2D eigenvalue weighted by molar-refractivity contribution is 5.77. The van der Waals surface area contributed by atoms with Gasteiger partial charge in [-0.2, -0.15) is 0 Å². The molecule has 8 heteroatoms. The quantitative estimate of drug-likeness (QED) is 0.774. The van der Waals surface area contributed by atoms with Crippen molar-refractivity contribution in [2.24, 2.45) is 0 Å². The number of ether oxygens (including phenoxy) is 1. The average Bonchev–Trinajstić information content (AvgIpc) is 3.16. The first-order valence-electron chi connectivity index (χ1n) is 7.48. The topological polar surface area (TPSA) is 58.6 Å². The molecule has 1 aliphatic carbocycles. The van der Waals surface area contributed by atoms with Crippen LogP contribution < -0.4 is 10.1 Å². The lowest BCUT2D eigenvalue weighted by Gasteiger charge is -2.27. The van der Waals surface area contributed by atoms with E-state index in [4.69, 9.17) is 0 Å². The molecule has 4 nitrogen and oxygen atoms in total. The zero-order chi connectivity index (χ0) is 18.2. The Bertz CT molecular complexity index is 612. The smallest absolute Gasteiger partial charge is 0.406 e. The van der Waals surface area contributed by atoms with Crippen LogP contribution >= 0.6 is 0 Å². The summed E-state index contributed by atoms with van der Waals surface area (Å²) in [5.74, 6) is -0.979. The van der Waals surface area contributed by atoms with Crippen LogP contribution in [0.5, 0.6) is 5.75 Å². The first kappa shape index (κ1) is 18.5. The molecule has 1 fully saturated rings. The molecule has 0 aliphatic heterocycles. The average molecular weight is 349 g/mol. The summed E-state index contributed by atoms with van der Waals surface area (Å²) in [5, 5.41) is 12.6. The zero-order valence-electron chi connectivity index (χ0n) is 13.3. The Morgan fingerprint density at radius 1 is 1.42 bits per heavy atom. The molecule has 0 radical (unpaired) electrons. The number of alkyl halides is 4. The fourth-order valence-corrected chi connectivity index (χ4v) is 2.48. The Kier molecular flexibility index (Phi) is 4.81. The van der Waals surface area contributed by atoms with E-state index in [1.54, 1.807) is 6.92 Å². The highest BCUT2D eigenvalue weighted by Crippen LogP contribution is 2.49. The standard InChI is InChI=1S/C16H19F4NO3/c1-10(11-4-3-5-12(8-11)24-16(18,19)20)21-13(22)9-14(2,23)15(17)6-7-15/h3-5,8,10,23H,6-7,9H2,1-2H3,(H,21,22)/t10-,14?/m0/s1. The van der Waals surface area contributed by atoms with Crippen molar-refractivity contribution in [3.63, 3.8) is 0 Å². The summed E-state index contributed by atoms with van der Waals surface area (Å²) >= 11 is 0. The van der Waals surface area contributed by atoms with Gasteiger partial charge in [-0.3, -0.25) is 4.79 Å². The largest absolute Gasteiger partial charge is 0.573 e. The van der Waals surface area contributed by atoms with Gasteiger partial charge in [-0.25, -0.2) is 4.39 Å². The third-order valence-electron chi connectivity index (χ3n) is 4.13. The van der Waals surface area contributed by atoms with Crippen LogP contribution in [0.15, 0.2) is 24.3 Å². The maximum absolute atomic E-state index is 14.0. The fraction of sp³-hybridized carbons (Fsp3) is 0.562. The number of benzene rings is 1. The molecule has 0 spiro atoms. The minimum absolute atomic E-state index is 0.208. The number of carbonyl (C=O) groups is 1. The predicted octanol–water partition coefficient (Wildman–Crippen LogP) is 3.41. The Balaban J connectivity index is 1.98. The molecule has 1 saturated carbocycles. The van der Waals surface area contributed by atoms with Gasteiger partial charge in [0.25, 0.3) is 0 Å². The fourth-order valence-electron chi connectivity index (χ4n) is 2.48. The van der Waals surface area contributed by atoms with Crippen molar-refractivity contribution < 1.29 is 32.2 Å². The highest BCUT2D eigenvalue weighted by atomic mass is 19.4. The summed E-state index contributed by atoms with van der Waals surface area (Å²) in [4.78, 5) is 12.0. The predicted molar refractivity (Wildman–Crippen MR) is 78.0 cm³/mol. The molecular weight excluding hydrogens is 330 g/mol. The minimum atomic E-state index is -4.80. The molecule has 2 atom stereocenters. The van der Waals surface area contributed by atoms with Gasteiger partial charge >= 0.3 is 6.36 Å². The third-order valence-corrected chi connectivity index (χ3v) is 4.13. The second-order valence-corrected chi connectivity index (χ2v) is 6.33. The van der Waals surface area contributed by atoms with E-state index in [2.05, 4.69) is 10.1 Å². The van der Waals surface area contributed by atoms with Gasteiger partial charge in [-0.05, 0) is 44.4 Å². The molecule has 2 rings (SSSR count). The number of rotatable bonds is 6. The van der Waals surface area contributed by atoms with Crippen LogP contribution in [0.2, 0.25) is 0 Å². The molecule has 1 unspecified atom stereocenters. The van der Waals surface area contributed by atoms with Crippen molar-refractivity contribution in [2.75, 3.05) is 0 Å². The number of amides is 1. The third kappa shape index (κ3) is 4.59. The summed E-state index contributed by atoms with van der Waals surface area (Å²) in [6.45, 7) is 2.84. The summed E-state index contributed by atoms with van der Waals surface area (Å²) in [7, 11) is 0. The molecule has 2 N–H and O–H groups in total. The van der Waals surface area contributed by atoms with Crippen molar-refractivity contribution in [2.45, 2.75) is 56.8 Å². The van der Waals surface area contributed by atoms with Crippen LogP contribution in [0.25, 0.3) is 0 Å². The van der Waals surface area contributed by atoms with Crippen molar-refractivity contribution in [1.29, 1.82) is 0 Å². The molecule has 24 heavy (non-hydrogen) atoms.